The van der Waals surface area contributed by atoms with Crippen LogP contribution in [-0.2, 0) is 38.4 Å². The maximum Gasteiger partial charge on any atom is 0.326 e. The van der Waals surface area contributed by atoms with Gasteiger partial charge in [0.2, 0.25) is 17.7 Å². The van der Waals surface area contributed by atoms with E-state index in [0.717, 1.165) is 32.9 Å². The zero-order chi connectivity index (χ0) is 32.8. The van der Waals surface area contributed by atoms with E-state index in [1.807, 2.05) is 48.5 Å². The lowest BCUT2D eigenvalue weighted by Crippen LogP contribution is -2.59. The third-order valence-electron chi connectivity index (χ3n) is 8.02. The molecular formula is C33H38N8O5. The summed E-state index contributed by atoms with van der Waals surface area (Å²) in [4.78, 5) is 66.0. The fourth-order valence-electron chi connectivity index (χ4n) is 5.51. The summed E-state index contributed by atoms with van der Waals surface area (Å²) >= 11 is 0. The number of H-pyrrole nitrogens is 3. The molecule has 240 valence electrons. The van der Waals surface area contributed by atoms with Gasteiger partial charge >= 0.3 is 5.97 Å². The van der Waals surface area contributed by atoms with Crippen molar-refractivity contribution in [1.82, 2.24) is 35.9 Å². The van der Waals surface area contributed by atoms with E-state index in [9.17, 15) is 24.3 Å². The number of nitrogens with two attached hydrogens (primary N) is 1. The highest BCUT2D eigenvalue weighted by molar-refractivity contribution is 5.95. The van der Waals surface area contributed by atoms with Crippen molar-refractivity contribution in [3.05, 3.63) is 90.3 Å². The molecule has 0 fully saturated rings. The second-order valence-corrected chi connectivity index (χ2v) is 11.7. The van der Waals surface area contributed by atoms with Crippen LogP contribution in [-0.4, -0.2) is 72.9 Å². The fourth-order valence-corrected chi connectivity index (χ4v) is 5.51. The molecule has 0 saturated carbocycles. The zero-order valence-electron chi connectivity index (χ0n) is 25.5. The van der Waals surface area contributed by atoms with Crippen molar-refractivity contribution in [3.8, 4) is 0 Å². The number of carboxylic acid groups (broad SMARTS) is 1. The Morgan fingerprint density at radius 3 is 1.87 bits per heavy atom. The molecule has 0 aliphatic carbocycles. The van der Waals surface area contributed by atoms with Crippen molar-refractivity contribution < 1.29 is 24.3 Å². The minimum absolute atomic E-state index is 0.0255. The molecule has 13 heteroatoms. The Bertz CT molecular complexity index is 1830. The van der Waals surface area contributed by atoms with Crippen LogP contribution in [0, 0.1) is 5.92 Å². The van der Waals surface area contributed by atoms with Crippen LogP contribution in [0.3, 0.4) is 0 Å². The van der Waals surface area contributed by atoms with Crippen LogP contribution in [0.25, 0.3) is 21.8 Å². The Morgan fingerprint density at radius 1 is 0.761 bits per heavy atom. The van der Waals surface area contributed by atoms with Crippen LogP contribution < -0.4 is 21.7 Å². The maximum atomic E-state index is 13.8. The number of rotatable bonds is 14. The number of fused-ring (bicyclic) bond motifs is 2. The molecule has 13 nitrogen and oxygen atoms in total. The molecule has 5 rings (SSSR count). The quantitative estimate of drug-likeness (QED) is 0.0917. The highest BCUT2D eigenvalue weighted by Gasteiger charge is 2.32. The monoisotopic (exact) mass is 626 g/mol. The first-order valence-electron chi connectivity index (χ1n) is 15.1. The number of para-hydroxylation sites is 2. The van der Waals surface area contributed by atoms with Crippen LogP contribution in [0.15, 0.2) is 73.4 Å². The van der Waals surface area contributed by atoms with Gasteiger partial charge < -0.3 is 41.7 Å². The van der Waals surface area contributed by atoms with Crippen molar-refractivity contribution >= 4 is 45.5 Å². The molecule has 0 aliphatic rings. The number of nitrogens with zero attached hydrogens (tertiary/aromatic N) is 1. The summed E-state index contributed by atoms with van der Waals surface area (Å²) < 4.78 is 0. The number of carbonyl (C=O) groups is 4. The molecule has 0 spiro atoms. The molecule has 0 bridgehead atoms. The van der Waals surface area contributed by atoms with Gasteiger partial charge in [0.25, 0.3) is 0 Å². The molecule has 0 saturated heterocycles. The highest BCUT2D eigenvalue weighted by Crippen LogP contribution is 2.21. The lowest BCUT2D eigenvalue weighted by Gasteiger charge is -2.27. The van der Waals surface area contributed by atoms with Gasteiger partial charge in [-0.3, -0.25) is 14.4 Å². The number of hydrogen-bond acceptors (Lipinski definition) is 6. The number of amides is 3. The van der Waals surface area contributed by atoms with Gasteiger partial charge in [0.05, 0.1) is 12.4 Å². The summed E-state index contributed by atoms with van der Waals surface area (Å²) in [5, 5.41) is 19.9. The number of carbonyl (C=O) groups excluding carboxylic acids is 3. The van der Waals surface area contributed by atoms with Gasteiger partial charge in [-0.25, -0.2) is 9.78 Å². The normalized spacial score (nSPS) is 14.1. The van der Waals surface area contributed by atoms with E-state index in [2.05, 4.69) is 35.9 Å². The minimum atomic E-state index is -1.27. The molecule has 4 unspecified atom stereocenters. The van der Waals surface area contributed by atoms with E-state index in [-0.39, 0.29) is 25.2 Å². The van der Waals surface area contributed by atoms with Gasteiger partial charge in [-0.05, 0) is 29.2 Å². The number of hydrogen-bond donors (Lipinski definition) is 8. The molecule has 3 amide bonds. The summed E-state index contributed by atoms with van der Waals surface area (Å²) in [6, 6.07) is 10.6. The van der Waals surface area contributed by atoms with Gasteiger partial charge in [-0.2, -0.15) is 0 Å². The van der Waals surface area contributed by atoms with Crippen LogP contribution in [0.5, 0.6) is 0 Å². The second kappa shape index (κ2) is 14.1. The van der Waals surface area contributed by atoms with Gasteiger partial charge in [0.1, 0.15) is 18.1 Å². The predicted molar refractivity (Wildman–Crippen MR) is 173 cm³/mol. The Hall–Kier alpha value is -5.43. The Morgan fingerprint density at radius 2 is 1.33 bits per heavy atom. The number of nitrogens with one attached hydrogen (secondary N) is 6. The first-order chi connectivity index (χ1) is 22.1. The van der Waals surface area contributed by atoms with Gasteiger partial charge in [-0.15, -0.1) is 0 Å². The summed E-state index contributed by atoms with van der Waals surface area (Å²) in [7, 11) is 0. The summed E-state index contributed by atoms with van der Waals surface area (Å²) in [6.07, 6.45) is 6.82. The molecule has 0 aliphatic heterocycles. The highest BCUT2D eigenvalue weighted by atomic mass is 16.4. The molecule has 0 radical (unpaired) electrons. The van der Waals surface area contributed by atoms with Crippen molar-refractivity contribution in [3.63, 3.8) is 0 Å². The number of aliphatic carboxylic acids is 1. The standard InChI is InChI=1S/C33H38N8O5/c1-18(2)29(41-30(42)24(34)13-21-16-35-17-38-21)32(44)39-27(11-19-14-36-25-9-5-3-7-22(19)25)31(43)40-28(33(45)46)12-20-15-37-26-10-6-4-8-23(20)26/h3-10,14-18,24,27-29,36-37H,11-13,34H2,1-2H3,(H,35,38)(H,39,44)(H,40,43)(H,41,42)(H,45,46). The zero-order valence-corrected chi connectivity index (χ0v) is 25.5. The number of imidazole rings is 1. The molecule has 9 N–H and O–H groups in total. The van der Waals surface area contributed by atoms with E-state index in [4.69, 9.17) is 5.73 Å². The van der Waals surface area contributed by atoms with Crippen molar-refractivity contribution in [2.75, 3.05) is 0 Å². The third-order valence-corrected chi connectivity index (χ3v) is 8.02. The van der Waals surface area contributed by atoms with E-state index < -0.39 is 47.9 Å². The SMILES string of the molecule is CC(C)C(NC(=O)C(N)Cc1cnc[nH]1)C(=O)NC(Cc1c[nH]c2ccccc12)C(=O)NC(Cc1c[nH]c2ccccc12)C(=O)O. The molecule has 4 atom stereocenters. The Kier molecular flexibility index (Phi) is 9.82. The lowest BCUT2D eigenvalue weighted by atomic mass is 9.99. The van der Waals surface area contributed by atoms with Crippen molar-refractivity contribution in [2.24, 2.45) is 11.7 Å². The summed E-state index contributed by atoms with van der Waals surface area (Å²) in [5.41, 5.74) is 9.97. The average Bonchev–Trinajstić information content (AvgIpc) is 3.79. The largest absolute Gasteiger partial charge is 0.480 e. The summed E-state index contributed by atoms with van der Waals surface area (Å²) in [6.45, 7) is 3.53. The smallest absolute Gasteiger partial charge is 0.326 e. The predicted octanol–water partition coefficient (Wildman–Crippen LogP) is 1.92. The van der Waals surface area contributed by atoms with Crippen LogP contribution in [0.1, 0.15) is 30.7 Å². The van der Waals surface area contributed by atoms with Crippen molar-refractivity contribution in [1.29, 1.82) is 0 Å². The van der Waals surface area contributed by atoms with E-state index >= 15 is 0 Å². The van der Waals surface area contributed by atoms with Crippen LogP contribution in [0.4, 0.5) is 0 Å². The van der Waals surface area contributed by atoms with E-state index in [1.165, 1.54) is 6.33 Å². The topological polar surface area (TPSA) is 211 Å². The van der Waals surface area contributed by atoms with Crippen LogP contribution >= 0.6 is 0 Å². The molecule has 46 heavy (non-hydrogen) atoms. The maximum absolute atomic E-state index is 13.8. The van der Waals surface area contributed by atoms with Gasteiger partial charge in [0.15, 0.2) is 0 Å². The first kappa shape index (κ1) is 32.0. The Balaban J connectivity index is 1.36. The number of aromatic amines is 3. The van der Waals surface area contributed by atoms with E-state index in [1.54, 1.807) is 32.4 Å². The lowest BCUT2D eigenvalue weighted by molar-refractivity contribution is -0.142. The first-order valence-corrected chi connectivity index (χ1v) is 15.1. The third kappa shape index (κ3) is 7.44. The molecule has 3 heterocycles. The molecule has 2 aromatic carbocycles. The number of carboxylic acids is 1. The van der Waals surface area contributed by atoms with Gasteiger partial charge in [0, 0.05) is 65.4 Å². The van der Waals surface area contributed by atoms with Gasteiger partial charge in [-0.1, -0.05) is 50.2 Å². The minimum Gasteiger partial charge on any atom is -0.480 e. The molecule has 3 aromatic heterocycles. The van der Waals surface area contributed by atoms with Crippen molar-refractivity contribution in [2.45, 2.75) is 57.3 Å². The Labute approximate surface area is 264 Å². The molecule has 5 aromatic rings. The second-order valence-electron chi connectivity index (χ2n) is 11.7. The summed E-state index contributed by atoms with van der Waals surface area (Å²) in [5.74, 6) is -3.37. The van der Waals surface area contributed by atoms with E-state index in [0.29, 0.717) is 5.69 Å². The fraction of sp³-hybridized carbons (Fsp3) is 0.303. The number of aromatic nitrogens is 4. The van der Waals surface area contributed by atoms with Crippen LogP contribution in [0.2, 0.25) is 0 Å². The number of benzene rings is 2. The average molecular weight is 627 g/mol. The molecular weight excluding hydrogens is 588 g/mol.